The van der Waals surface area contributed by atoms with Crippen molar-refractivity contribution < 1.29 is 26.4 Å². The Morgan fingerprint density at radius 2 is 1.17 bits per heavy atom. The number of benzene rings is 3. The summed E-state index contributed by atoms with van der Waals surface area (Å²) >= 11 is 0. The fourth-order valence-corrected chi connectivity index (χ4v) is 7.12. The zero-order chi connectivity index (χ0) is 31.0. The Kier molecular flexibility index (Phi) is 8.43. The molecule has 0 aliphatic carbocycles. The van der Waals surface area contributed by atoms with Gasteiger partial charge in [-0.1, -0.05) is 65.7 Å². The SMILES string of the molecule is Cc1ccc(S(=O)(=O)N2C(=O)N(N(C)C)C(/C(=N/N(C)C)c3ccccc3)N(S(=O)(=O)c3ccc(C)cc3)C2=O)cc1. The third kappa shape index (κ3) is 5.60. The molecule has 42 heavy (non-hydrogen) atoms. The number of hydrogen-bond acceptors (Lipinski definition) is 9. The Hall–Kier alpha value is -4.27. The zero-order valence-corrected chi connectivity index (χ0v) is 25.7. The first-order chi connectivity index (χ1) is 19.7. The number of aryl methyl sites for hydroxylation is 2. The van der Waals surface area contributed by atoms with Crippen molar-refractivity contribution in [3.05, 3.63) is 95.6 Å². The topological polar surface area (TPSA) is 131 Å². The lowest BCUT2D eigenvalue weighted by molar-refractivity contribution is -0.00502. The molecular formula is C28H32N6O6S2. The number of imide groups is 1. The van der Waals surface area contributed by atoms with Gasteiger partial charge in [-0.2, -0.15) is 9.41 Å². The van der Waals surface area contributed by atoms with Crippen LogP contribution < -0.4 is 0 Å². The molecule has 12 nitrogen and oxygen atoms in total. The Morgan fingerprint density at radius 1 is 0.690 bits per heavy atom. The van der Waals surface area contributed by atoms with E-state index in [-0.39, 0.29) is 19.8 Å². The van der Waals surface area contributed by atoms with Crippen LogP contribution in [0.3, 0.4) is 0 Å². The molecule has 4 amide bonds. The average Bonchev–Trinajstić information content (AvgIpc) is 2.91. The molecule has 4 rings (SSSR count). The van der Waals surface area contributed by atoms with Crippen molar-refractivity contribution in [2.75, 3.05) is 28.2 Å². The first kappa shape index (κ1) is 30.7. The maximum absolute atomic E-state index is 14.3. The number of hydrogen-bond donors (Lipinski definition) is 0. The lowest BCUT2D eigenvalue weighted by Gasteiger charge is -2.47. The molecule has 1 saturated heterocycles. The minimum absolute atomic E-state index is 0.0130. The van der Waals surface area contributed by atoms with Crippen LogP contribution in [0.1, 0.15) is 16.7 Å². The lowest BCUT2D eigenvalue weighted by Crippen LogP contribution is -2.72. The molecule has 0 spiro atoms. The van der Waals surface area contributed by atoms with Crippen LogP contribution in [0, 0.1) is 13.8 Å². The highest BCUT2D eigenvalue weighted by Crippen LogP contribution is 2.33. The third-order valence-corrected chi connectivity index (χ3v) is 9.78. The van der Waals surface area contributed by atoms with Crippen molar-refractivity contribution in [3.8, 4) is 0 Å². The van der Waals surface area contributed by atoms with Gasteiger partial charge < -0.3 is 5.01 Å². The predicted octanol–water partition coefficient (Wildman–Crippen LogP) is 3.31. The molecule has 1 aliphatic heterocycles. The van der Waals surface area contributed by atoms with Crippen LogP contribution in [-0.2, 0) is 20.0 Å². The van der Waals surface area contributed by atoms with Gasteiger partial charge in [-0.15, -0.1) is 4.31 Å². The maximum Gasteiger partial charge on any atom is 0.359 e. The van der Waals surface area contributed by atoms with E-state index >= 15 is 0 Å². The molecule has 0 bridgehead atoms. The van der Waals surface area contributed by atoms with Crippen LogP contribution in [0.15, 0.2) is 93.8 Å². The predicted molar refractivity (Wildman–Crippen MR) is 157 cm³/mol. The number of carbonyl (C=O) groups excluding carboxylic acids is 2. The van der Waals surface area contributed by atoms with Gasteiger partial charge in [0.1, 0.15) is 5.71 Å². The monoisotopic (exact) mass is 612 g/mol. The summed E-state index contributed by atoms with van der Waals surface area (Å²) in [7, 11) is -3.56. The molecular weight excluding hydrogens is 580 g/mol. The fourth-order valence-electron chi connectivity index (χ4n) is 4.35. The Labute approximate surface area is 246 Å². The molecule has 1 atom stereocenters. The van der Waals surface area contributed by atoms with E-state index in [1.165, 1.54) is 60.5 Å². The van der Waals surface area contributed by atoms with E-state index in [0.717, 1.165) is 16.1 Å². The largest absolute Gasteiger partial charge is 0.359 e. The van der Waals surface area contributed by atoms with Gasteiger partial charge in [0.15, 0.2) is 6.17 Å². The third-order valence-electron chi connectivity index (χ3n) is 6.38. The number of carbonyl (C=O) groups is 2. The molecule has 1 unspecified atom stereocenters. The molecule has 1 heterocycles. The van der Waals surface area contributed by atoms with Crippen molar-refractivity contribution in [3.63, 3.8) is 0 Å². The number of sulfonamides is 2. The maximum atomic E-state index is 14.3. The highest BCUT2D eigenvalue weighted by Gasteiger charge is 2.57. The van der Waals surface area contributed by atoms with Gasteiger partial charge in [-0.05, 0) is 38.1 Å². The number of hydrazone groups is 1. The summed E-state index contributed by atoms with van der Waals surface area (Å²) < 4.78 is 56.7. The number of hydrazine groups is 1. The molecule has 0 radical (unpaired) electrons. The minimum Gasteiger partial charge on any atom is -0.303 e. The van der Waals surface area contributed by atoms with Crippen LogP contribution >= 0.6 is 0 Å². The van der Waals surface area contributed by atoms with Crippen LogP contribution in [0.5, 0.6) is 0 Å². The number of rotatable bonds is 8. The summed E-state index contributed by atoms with van der Waals surface area (Å²) in [6.45, 7) is 3.52. The van der Waals surface area contributed by atoms with Gasteiger partial charge in [0.2, 0.25) is 0 Å². The second-order valence-corrected chi connectivity index (χ2v) is 13.6. The molecule has 3 aromatic carbocycles. The van der Waals surface area contributed by atoms with Crippen molar-refractivity contribution in [2.24, 2.45) is 5.10 Å². The van der Waals surface area contributed by atoms with Crippen LogP contribution in [-0.4, -0.2) is 92.6 Å². The molecule has 0 N–H and O–H groups in total. The van der Waals surface area contributed by atoms with E-state index in [1.807, 2.05) is 0 Å². The van der Waals surface area contributed by atoms with Crippen molar-refractivity contribution in [2.45, 2.75) is 29.8 Å². The lowest BCUT2D eigenvalue weighted by atomic mass is 10.1. The van der Waals surface area contributed by atoms with E-state index in [4.69, 9.17) is 0 Å². The van der Waals surface area contributed by atoms with Crippen LogP contribution in [0.25, 0.3) is 0 Å². The Balaban J connectivity index is 2.05. The highest BCUT2D eigenvalue weighted by atomic mass is 32.2. The number of urea groups is 2. The molecule has 0 aromatic heterocycles. The van der Waals surface area contributed by atoms with Crippen molar-refractivity contribution in [1.29, 1.82) is 0 Å². The average molecular weight is 613 g/mol. The Bertz CT molecular complexity index is 1720. The van der Waals surface area contributed by atoms with E-state index < -0.39 is 38.3 Å². The van der Waals surface area contributed by atoms with E-state index in [0.29, 0.717) is 9.87 Å². The molecule has 3 aromatic rings. The smallest absolute Gasteiger partial charge is 0.303 e. The molecule has 14 heteroatoms. The number of nitrogens with zero attached hydrogens (tertiary/aromatic N) is 6. The molecule has 222 valence electrons. The summed E-state index contributed by atoms with van der Waals surface area (Å²) in [5.41, 5.74) is 1.93. The van der Waals surface area contributed by atoms with Crippen molar-refractivity contribution in [1.82, 2.24) is 23.6 Å². The van der Waals surface area contributed by atoms with Gasteiger partial charge >= 0.3 is 12.1 Å². The molecule has 0 saturated carbocycles. The van der Waals surface area contributed by atoms with E-state index in [2.05, 4.69) is 5.10 Å². The fraction of sp³-hybridized carbons (Fsp3) is 0.250. The quantitative estimate of drug-likeness (QED) is 0.280. The first-order valence-electron chi connectivity index (χ1n) is 12.8. The summed E-state index contributed by atoms with van der Waals surface area (Å²) in [5, 5.41) is 8.01. The standard InChI is InChI=1S/C28H32N6O6S2/c1-20-12-16-23(17-13-20)41(37,38)33-26(25(29-30(3)4)22-10-8-7-9-11-22)32(31(5)6)27(35)34(28(33)36)42(39,40)24-18-14-21(2)15-19-24/h7-19,26H,1-6H3/b29-25+. The first-order valence-corrected chi connectivity index (χ1v) is 15.6. The van der Waals surface area contributed by atoms with Crippen LogP contribution in [0.2, 0.25) is 0 Å². The summed E-state index contributed by atoms with van der Waals surface area (Å²) in [5.74, 6) is 0. The highest BCUT2D eigenvalue weighted by molar-refractivity contribution is 7.91. The Morgan fingerprint density at radius 3 is 1.62 bits per heavy atom. The second kappa shape index (κ2) is 11.5. The number of amides is 4. The molecule has 1 aliphatic rings. The van der Waals surface area contributed by atoms with Gasteiger partial charge in [0, 0.05) is 33.8 Å². The van der Waals surface area contributed by atoms with E-state index in [9.17, 15) is 26.4 Å². The van der Waals surface area contributed by atoms with E-state index in [1.54, 1.807) is 70.4 Å². The van der Waals surface area contributed by atoms with Gasteiger partial charge in [0.25, 0.3) is 20.0 Å². The summed E-state index contributed by atoms with van der Waals surface area (Å²) in [4.78, 5) is 27.7. The minimum atomic E-state index is -4.85. The summed E-state index contributed by atoms with van der Waals surface area (Å²) in [6.07, 6.45) is -1.69. The zero-order valence-electron chi connectivity index (χ0n) is 24.0. The second-order valence-electron chi connectivity index (χ2n) is 10.0. The molecule has 1 fully saturated rings. The summed E-state index contributed by atoms with van der Waals surface area (Å²) in [6, 6.07) is 16.9. The van der Waals surface area contributed by atoms with Crippen molar-refractivity contribution >= 4 is 37.8 Å². The normalized spacial score (nSPS) is 16.8. The van der Waals surface area contributed by atoms with Gasteiger partial charge in [0.05, 0.1) is 9.79 Å². The van der Waals surface area contributed by atoms with Gasteiger partial charge in [-0.25, -0.2) is 36.4 Å². The van der Waals surface area contributed by atoms with Gasteiger partial charge in [-0.3, -0.25) is 0 Å². The van der Waals surface area contributed by atoms with Crippen LogP contribution in [0.4, 0.5) is 9.59 Å².